The summed E-state index contributed by atoms with van der Waals surface area (Å²) >= 11 is 0. The van der Waals surface area contributed by atoms with Crippen LogP contribution < -0.4 is 10.5 Å². The lowest BCUT2D eigenvalue weighted by Crippen LogP contribution is -2.24. The van der Waals surface area contributed by atoms with Gasteiger partial charge in [-0.05, 0) is 55.8 Å². The van der Waals surface area contributed by atoms with Crippen molar-refractivity contribution in [3.63, 3.8) is 0 Å². The van der Waals surface area contributed by atoms with E-state index in [0.717, 1.165) is 44.1 Å². The van der Waals surface area contributed by atoms with Gasteiger partial charge in [-0.1, -0.05) is 31.4 Å². The topological polar surface area (TPSA) is 72.2 Å². The summed E-state index contributed by atoms with van der Waals surface area (Å²) in [6.45, 7) is 0.650. The molecule has 0 heterocycles. The van der Waals surface area contributed by atoms with Gasteiger partial charge in [-0.25, -0.2) is 8.42 Å². The number of hydrogen-bond donors (Lipinski definition) is 2. The van der Waals surface area contributed by atoms with E-state index < -0.39 is 10.0 Å². The van der Waals surface area contributed by atoms with Gasteiger partial charge in [0.1, 0.15) is 0 Å². The van der Waals surface area contributed by atoms with Gasteiger partial charge in [0.2, 0.25) is 10.0 Å². The third-order valence-electron chi connectivity index (χ3n) is 4.05. The number of nitrogens with one attached hydrogen (secondary N) is 1. The molecular formula is C16H26N2O2S. The highest BCUT2D eigenvalue weighted by atomic mass is 32.2. The van der Waals surface area contributed by atoms with Crippen LogP contribution in [-0.2, 0) is 16.4 Å². The average Bonchev–Trinajstić information content (AvgIpc) is 2.45. The Bertz CT molecular complexity index is 537. The highest BCUT2D eigenvalue weighted by Gasteiger charge is 2.21. The van der Waals surface area contributed by atoms with E-state index in [1.165, 1.54) is 6.42 Å². The van der Waals surface area contributed by atoms with Crippen molar-refractivity contribution in [2.24, 2.45) is 11.7 Å². The summed E-state index contributed by atoms with van der Waals surface area (Å²) in [6, 6.07) is 7.62. The number of nitrogens with two attached hydrogens (primary N) is 1. The molecule has 1 aliphatic rings. The van der Waals surface area contributed by atoms with E-state index in [1.807, 2.05) is 24.3 Å². The van der Waals surface area contributed by atoms with Gasteiger partial charge < -0.3 is 5.73 Å². The first-order valence-corrected chi connectivity index (χ1v) is 9.54. The van der Waals surface area contributed by atoms with Gasteiger partial charge in [-0.2, -0.15) is 0 Å². The normalized spacial score (nSPS) is 16.8. The lowest BCUT2D eigenvalue weighted by atomic mass is 9.91. The first-order valence-electron chi connectivity index (χ1n) is 7.88. The largest absolute Gasteiger partial charge is 0.330 e. The molecule has 0 radical (unpaired) electrons. The third-order valence-corrected chi connectivity index (χ3v) is 5.51. The maximum Gasteiger partial charge on any atom is 0.232 e. The lowest BCUT2D eigenvalue weighted by molar-refractivity contribution is 0.385. The lowest BCUT2D eigenvalue weighted by Gasteiger charge is -2.21. The van der Waals surface area contributed by atoms with Crippen molar-refractivity contribution in [2.75, 3.05) is 17.0 Å². The molecule has 5 heteroatoms. The summed E-state index contributed by atoms with van der Waals surface area (Å²) in [6.07, 6.45) is 7.44. The molecule has 0 aromatic heterocycles. The number of sulfonamides is 1. The van der Waals surface area contributed by atoms with Crippen molar-refractivity contribution in [3.8, 4) is 0 Å². The second-order valence-corrected chi connectivity index (χ2v) is 7.75. The Morgan fingerprint density at radius 1 is 1.19 bits per heavy atom. The molecule has 118 valence electrons. The molecule has 0 unspecified atom stereocenters. The molecule has 4 nitrogen and oxygen atoms in total. The molecule has 1 saturated carbocycles. The van der Waals surface area contributed by atoms with Crippen LogP contribution in [0.3, 0.4) is 0 Å². The number of aryl methyl sites for hydroxylation is 1. The highest BCUT2D eigenvalue weighted by Crippen LogP contribution is 2.25. The van der Waals surface area contributed by atoms with Crippen molar-refractivity contribution < 1.29 is 8.42 Å². The third kappa shape index (κ3) is 5.67. The van der Waals surface area contributed by atoms with Crippen molar-refractivity contribution >= 4 is 15.7 Å². The molecule has 1 aromatic carbocycles. The zero-order valence-electron chi connectivity index (χ0n) is 12.6. The molecule has 0 bridgehead atoms. The molecule has 1 aliphatic carbocycles. The summed E-state index contributed by atoms with van der Waals surface area (Å²) < 4.78 is 27.2. The first-order chi connectivity index (χ1) is 10.1. The zero-order valence-corrected chi connectivity index (χ0v) is 13.4. The Labute approximate surface area is 128 Å². The van der Waals surface area contributed by atoms with E-state index in [4.69, 9.17) is 5.73 Å². The van der Waals surface area contributed by atoms with Crippen LogP contribution in [0.4, 0.5) is 5.69 Å². The molecule has 0 saturated heterocycles. The quantitative estimate of drug-likeness (QED) is 0.813. The number of hydrogen-bond acceptors (Lipinski definition) is 3. The monoisotopic (exact) mass is 310 g/mol. The molecule has 0 spiro atoms. The van der Waals surface area contributed by atoms with Crippen LogP contribution in [0.25, 0.3) is 0 Å². The second kappa shape index (κ2) is 7.80. The molecule has 0 atom stereocenters. The summed E-state index contributed by atoms with van der Waals surface area (Å²) in [4.78, 5) is 0. The van der Waals surface area contributed by atoms with E-state index in [1.54, 1.807) is 0 Å². The Kier molecular flexibility index (Phi) is 6.06. The van der Waals surface area contributed by atoms with Crippen LogP contribution in [0.2, 0.25) is 0 Å². The fraction of sp³-hybridized carbons (Fsp3) is 0.625. The summed E-state index contributed by atoms with van der Waals surface area (Å²) in [5.74, 6) is 0.566. The minimum atomic E-state index is -3.25. The minimum absolute atomic E-state index is 0.250. The van der Waals surface area contributed by atoms with Gasteiger partial charge in [0, 0.05) is 5.69 Å². The molecule has 2 rings (SSSR count). The number of benzene rings is 1. The smallest absolute Gasteiger partial charge is 0.232 e. The second-order valence-electron chi connectivity index (χ2n) is 5.98. The number of rotatable bonds is 7. The van der Waals surface area contributed by atoms with Crippen molar-refractivity contribution in [1.29, 1.82) is 0 Å². The van der Waals surface area contributed by atoms with Crippen LogP contribution in [0.1, 0.15) is 44.1 Å². The van der Waals surface area contributed by atoms with Crippen molar-refractivity contribution in [2.45, 2.75) is 44.9 Å². The van der Waals surface area contributed by atoms with Crippen LogP contribution in [0.15, 0.2) is 24.3 Å². The van der Waals surface area contributed by atoms with Gasteiger partial charge in [0.15, 0.2) is 0 Å². The SMILES string of the molecule is NCCCc1cccc(NS(=O)(=O)CC2CCCCC2)c1. The van der Waals surface area contributed by atoms with Gasteiger partial charge >= 0.3 is 0 Å². The first kappa shape index (κ1) is 16.3. The van der Waals surface area contributed by atoms with E-state index >= 15 is 0 Å². The van der Waals surface area contributed by atoms with Gasteiger partial charge in [0.05, 0.1) is 5.75 Å². The Balaban J connectivity index is 1.95. The van der Waals surface area contributed by atoms with E-state index in [2.05, 4.69) is 4.72 Å². The average molecular weight is 310 g/mol. The minimum Gasteiger partial charge on any atom is -0.330 e. The summed E-state index contributed by atoms with van der Waals surface area (Å²) in [7, 11) is -3.25. The van der Waals surface area contributed by atoms with Crippen LogP contribution in [0, 0.1) is 5.92 Å². The molecule has 1 fully saturated rings. The molecule has 3 N–H and O–H groups in total. The Hall–Kier alpha value is -1.07. The predicted molar refractivity (Wildman–Crippen MR) is 87.8 cm³/mol. The highest BCUT2D eigenvalue weighted by molar-refractivity contribution is 7.92. The molecule has 0 aliphatic heterocycles. The van der Waals surface area contributed by atoms with Gasteiger partial charge in [0.25, 0.3) is 0 Å². The van der Waals surface area contributed by atoms with Crippen LogP contribution in [0.5, 0.6) is 0 Å². The molecule has 0 amide bonds. The summed E-state index contributed by atoms with van der Waals surface area (Å²) in [5, 5.41) is 0. The fourth-order valence-electron chi connectivity index (χ4n) is 2.98. The van der Waals surface area contributed by atoms with Gasteiger partial charge in [-0.3, -0.25) is 4.72 Å². The zero-order chi connectivity index (χ0) is 15.1. The van der Waals surface area contributed by atoms with Crippen LogP contribution in [-0.4, -0.2) is 20.7 Å². The van der Waals surface area contributed by atoms with Crippen LogP contribution >= 0.6 is 0 Å². The molecule has 1 aromatic rings. The van der Waals surface area contributed by atoms with E-state index in [9.17, 15) is 8.42 Å². The standard InChI is InChI=1S/C16H26N2O2S/c17-11-5-9-14-8-4-10-16(12-14)18-21(19,20)13-15-6-2-1-3-7-15/h4,8,10,12,15,18H,1-3,5-7,9,11,13,17H2. The van der Waals surface area contributed by atoms with Crippen molar-refractivity contribution in [1.82, 2.24) is 0 Å². The van der Waals surface area contributed by atoms with Gasteiger partial charge in [-0.15, -0.1) is 0 Å². The van der Waals surface area contributed by atoms with Crippen molar-refractivity contribution in [3.05, 3.63) is 29.8 Å². The maximum absolute atomic E-state index is 12.3. The fourth-order valence-corrected chi connectivity index (χ4v) is 4.51. The summed E-state index contributed by atoms with van der Waals surface area (Å²) in [5.41, 5.74) is 7.30. The number of anilines is 1. The van der Waals surface area contributed by atoms with E-state index in [0.29, 0.717) is 18.2 Å². The predicted octanol–water partition coefficient (Wildman–Crippen LogP) is 2.90. The van der Waals surface area contributed by atoms with E-state index in [-0.39, 0.29) is 5.75 Å². The molecule has 21 heavy (non-hydrogen) atoms. The molecular weight excluding hydrogens is 284 g/mol. The Morgan fingerprint density at radius 2 is 1.95 bits per heavy atom. The Morgan fingerprint density at radius 3 is 2.67 bits per heavy atom. The maximum atomic E-state index is 12.3.